The molecule has 0 saturated heterocycles. The molecular formula is C15H25FN2O2S. The number of nitrogens with two attached hydrogens (primary N) is 1. The Morgan fingerprint density at radius 3 is 2.48 bits per heavy atom. The number of sulfonamides is 1. The Labute approximate surface area is 127 Å². The first-order valence-corrected chi connectivity index (χ1v) is 8.88. The van der Waals surface area contributed by atoms with Crippen molar-refractivity contribution >= 4 is 15.7 Å². The summed E-state index contributed by atoms with van der Waals surface area (Å²) >= 11 is 0. The maximum absolute atomic E-state index is 13.4. The van der Waals surface area contributed by atoms with Crippen LogP contribution in [-0.2, 0) is 10.0 Å². The third-order valence-corrected chi connectivity index (χ3v) is 5.11. The van der Waals surface area contributed by atoms with E-state index in [2.05, 4.69) is 11.6 Å². The first-order valence-electron chi connectivity index (χ1n) is 7.39. The molecule has 0 aliphatic rings. The van der Waals surface area contributed by atoms with Gasteiger partial charge in [0.25, 0.3) is 0 Å². The summed E-state index contributed by atoms with van der Waals surface area (Å²) in [6.45, 7) is 5.66. The Kier molecular flexibility index (Phi) is 6.61. The summed E-state index contributed by atoms with van der Waals surface area (Å²) < 4.78 is 41.0. The van der Waals surface area contributed by atoms with Crippen LogP contribution in [0.4, 0.5) is 10.1 Å². The Bertz CT molecular complexity index is 573. The van der Waals surface area contributed by atoms with E-state index < -0.39 is 15.8 Å². The molecule has 0 radical (unpaired) electrons. The van der Waals surface area contributed by atoms with Crippen LogP contribution >= 0.6 is 0 Å². The van der Waals surface area contributed by atoms with Gasteiger partial charge in [0.05, 0.1) is 10.6 Å². The number of anilines is 1. The molecule has 21 heavy (non-hydrogen) atoms. The number of rotatable bonds is 8. The highest BCUT2D eigenvalue weighted by Gasteiger charge is 2.22. The largest absolute Gasteiger partial charge is 0.396 e. The molecule has 0 saturated carbocycles. The lowest BCUT2D eigenvalue weighted by atomic mass is 10.1. The van der Waals surface area contributed by atoms with Gasteiger partial charge in [-0.15, -0.1) is 0 Å². The smallest absolute Gasteiger partial charge is 0.241 e. The predicted molar refractivity (Wildman–Crippen MR) is 84.1 cm³/mol. The van der Waals surface area contributed by atoms with E-state index in [9.17, 15) is 12.8 Å². The molecule has 4 nitrogen and oxygen atoms in total. The van der Waals surface area contributed by atoms with E-state index in [1.165, 1.54) is 6.07 Å². The van der Waals surface area contributed by atoms with Crippen molar-refractivity contribution in [1.29, 1.82) is 0 Å². The van der Waals surface area contributed by atoms with Crippen LogP contribution in [0.2, 0.25) is 0 Å². The molecule has 0 spiro atoms. The van der Waals surface area contributed by atoms with Crippen molar-refractivity contribution in [2.75, 3.05) is 5.73 Å². The second-order valence-corrected chi connectivity index (χ2v) is 7.07. The Balaban J connectivity index is 3.01. The van der Waals surface area contributed by atoms with E-state index in [1.807, 2.05) is 6.92 Å². The summed E-state index contributed by atoms with van der Waals surface area (Å²) in [4.78, 5) is 0.0546. The fraction of sp³-hybridized carbons (Fsp3) is 0.600. The average molecular weight is 316 g/mol. The molecule has 1 aromatic carbocycles. The second kappa shape index (κ2) is 7.75. The molecule has 1 unspecified atom stereocenters. The molecule has 0 fully saturated rings. The van der Waals surface area contributed by atoms with Gasteiger partial charge in [-0.3, -0.25) is 0 Å². The van der Waals surface area contributed by atoms with Crippen LogP contribution in [0.25, 0.3) is 0 Å². The number of nitrogen functional groups attached to an aromatic ring is 1. The number of hydrogen-bond donors (Lipinski definition) is 2. The minimum absolute atomic E-state index is 0.0546. The fourth-order valence-electron chi connectivity index (χ4n) is 2.30. The molecule has 0 heterocycles. The lowest BCUT2D eigenvalue weighted by Gasteiger charge is -2.19. The highest BCUT2D eigenvalue weighted by molar-refractivity contribution is 7.89. The van der Waals surface area contributed by atoms with Gasteiger partial charge in [-0.1, -0.05) is 33.1 Å². The van der Waals surface area contributed by atoms with Gasteiger partial charge in [0, 0.05) is 6.04 Å². The number of hydrogen-bond acceptors (Lipinski definition) is 3. The van der Waals surface area contributed by atoms with Crippen molar-refractivity contribution in [3.63, 3.8) is 0 Å². The van der Waals surface area contributed by atoms with Crippen molar-refractivity contribution < 1.29 is 12.8 Å². The van der Waals surface area contributed by atoms with Crippen molar-refractivity contribution in [1.82, 2.24) is 4.72 Å². The van der Waals surface area contributed by atoms with Gasteiger partial charge in [0.15, 0.2) is 0 Å². The van der Waals surface area contributed by atoms with E-state index >= 15 is 0 Å². The second-order valence-electron chi connectivity index (χ2n) is 5.39. The Morgan fingerprint density at radius 1 is 1.24 bits per heavy atom. The van der Waals surface area contributed by atoms with E-state index in [4.69, 9.17) is 5.73 Å². The normalized spacial score (nSPS) is 13.3. The molecule has 1 rings (SSSR count). The number of aryl methyl sites for hydroxylation is 1. The van der Waals surface area contributed by atoms with E-state index in [0.29, 0.717) is 5.56 Å². The number of nitrogens with one attached hydrogen (secondary N) is 1. The zero-order chi connectivity index (χ0) is 16.0. The molecule has 120 valence electrons. The summed E-state index contributed by atoms with van der Waals surface area (Å²) in [7, 11) is -3.68. The number of unbranched alkanes of at least 4 members (excludes halogenated alkanes) is 1. The molecule has 0 bridgehead atoms. The molecular weight excluding hydrogens is 291 g/mol. The Hall–Kier alpha value is -1.14. The molecule has 3 N–H and O–H groups in total. The maximum Gasteiger partial charge on any atom is 0.241 e. The summed E-state index contributed by atoms with van der Waals surface area (Å²) in [5.41, 5.74) is 5.70. The SMILES string of the molecule is CCCCC(CCC)NS(=O)(=O)c1cc(N)c(F)cc1C. The standard InChI is InChI=1S/C15H25FN2O2S/c1-4-6-8-12(7-5-2)18-21(19,20)15-10-14(17)13(16)9-11(15)3/h9-10,12,18H,4-8,17H2,1-3H3. The average Bonchev–Trinajstić information content (AvgIpc) is 2.40. The maximum atomic E-state index is 13.4. The monoisotopic (exact) mass is 316 g/mol. The van der Waals surface area contributed by atoms with Crippen molar-refractivity contribution in [3.8, 4) is 0 Å². The molecule has 6 heteroatoms. The van der Waals surface area contributed by atoms with Crippen LogP contribution in [0.1, 0.15) is 51.5 Å². The van der Waals surface area contributed by atoms with Gasteiger partial charge < -0.3 is 5.73 Å². The summed E-state index contributed by atoms with van der Waals surface area (Å²) in [6.07, 6.45) is 4.48. The van der Waals surface area contributed by atoms with Gasteiger partial charge in [-0.2, -0.15) is 0 Å². The lowest BCUT2D eigenvalue weighted by Crippen LogP contribution is -2.35. The van der Waals surface area contributed by atoms with Crippen molar-refractivity contribution in [3.05, 3.63) is 23.5 Å². The molecule has 1 atom stereocenters. The van der Waals surface area contributed by atoms with E-state index in [-0.39, 0.29) is 16.6 Å². The third-order valence-electron chi connectivity index (χ3n) is 3.45. The van der Waals surface area contributed by atoms with Gasteiger partial charge >= 0.3 is 0 Å². The van der Waals surface area contributed by atoms with Crippen LogP contribution in [0.5, 0.6) is 0 Å². The van der Waals surface area contributed by atoms with Crippen LogP contribution in [0.15, 0.2) is 17.0 Å². The predicted octanol–water partition coefficient (Wildman–Crippen LogP) is 3.35. The zero-order valence-corrected chi connectivity index (χ0v) is 13.8. The summed E-state index contributed by atoms with van der Waals surface area (Å²) in [6, 6.07) is 2.26. The van der Waals surface area contributed by atoms with Crippen molar-refractivity contribution in [2.45, 2.75) is 63.8 Å². The highest BCUT2D eigenvalue weighted by atomic mass is 32.2. The summed E-state index contributed by atoms with van der Waals surface area (Å²) in [5.74, 6) is -0.595. The van der Waals surface area contributed by atoms with Crippen LogP contribution in [0.3, 0.4) is 0 Å². The van der Waals surface area contributed by atoms with Crippen LogP contribution < -0.4 is 10.5 Å². The van der Waals surface area contributed by atoms with Crippen molar-refractivity contribution in [2.24, 2.45) is 0 Å². The highest BCUT2D eigenvalue weighted by Crippen LogP contribution is 2.22. The molecule has 0 aromatic heterocycles. The molecule has 0 aliphatic heterocycles. The van der Waals surface area contributed by atoms with Gasteiger partial charge in [0.2, 0.25) is 10.0 Å². The van der Waals surface area contributed by atoms with E-state index in [0.717, 1.165) is 38.2 Å². The molecule has 1 aromatic rings. The van der Waals surface area contributed by atoms with Crippen LogP contribution in [0, 0.1) is 12.7 Å². The minimum Gasteiger partial charge on any atom is -0.396 e. The lowest BCUT2D eigenvalue weighted by molar-refractivity contribution is 0.483. The Morgan fingerprint density at radius 2 is 1.90 bits per heavy atom. The first-order chi connectivity index (χ1) is 9.81. The zero-order valence-electron chi connectivity index (χ0n) is 12.9. The number of halogens is 1. The summed E-state index contributed by atoms with van der Waals surface area (Å²) in [5, 5.41) is 0. The van der Waals surface area contributed by atoms with Crippen LogP contribution in [-0.4, -0.2) is 14.5 Å². The van der Waals surface area contributed by atoms with Gasteiger partial charge in [0.1, 0.15) is 5.82 Å². The first kappa shape index (κ1) is 17.9. The quantitative estimate of drug-likeness (QED) is 0.722. The molecule has 0 aliphatic carbocycles. The van der Waals surface area contributed by atoms with E-state index in [1.54, 1.807) is 6.92 Å². The fourth-order valence-corrected chi connectivity index (χ4v) is 3.87. The topological polar surface area (TPSA) is 72.2 Å². The number of benzene rings is 1. The van der Waals surface area contributed by atoms with Gasteiger partial charge in [-0.05, 0) is 37.5 Å². The minimum atomic E-state index is -3.68. The third kappa shape index (κ3) is 4.97. The van der Waals surface area contributed by atoms with Gasteiger partial charge in [-0.25, -0.2) is 17.5 Å². The molecule has 0 amide bonds.